The van der Waals surface area contributed by atoms with Crippen LogP contribution in [0, 0.1) is 0 Å². The molecule has 1 aliphatic rings. The topological polar surface area (TPSA) is 58.2 Å². The molecule has 0 aromatic heterocycles. The molecule has 2 amide bonds. The van der Waals surface area contributed by atoms with Crippen LogP contribution in [0.15, 0.2) is 41.4 Å². The van der Waals surface area contributed by atoms with E-state index in [2.05, 4.69) is 33.1 Å². The van der Waals surface area contributed by atoms with Crippen LogP contribution in [-0.2, 0) is 9.59 Å². The molecule has 1 saturated carbocycles. The Morgan fingerprint density at radius 2 is 1.76 bits per heavy atom. The Hall–Kier alpha value is -1.62. The van der Waals surface area contributed by atoms with Gasteiger partial charge in [-0.15, -0.1) is 0 Å². The van der Waals surface area contributed by atoms with Gasteiger partial charge in [0.1, 0.15) is 5.54 Å². The normalized spacial score (nSPS) is 16.8. The highest BCUT2D eigenvalue weighted by Crippen LogP contribution is 2.30. The van der Waals surface area contributed by atoms with Gasteiger partial charge in [-0.3, -0.25) is 9.59 Å². The molecule has 0 unspecified atom stereocenters. The van der Waals surface area contributed by atoms with Gasteiger partial charge in [0.15, 0.2) is 0 Å². The van der Waals surface area contributed by atoms with Gasteiger partial charge >= 0.3 is 0 Å². The molecule has 1 aliphatic carbocycles. The van der Waals surface area contributed by atoms with Crippen molar-refractivity contribution in [3.8, 4) is 0 Å². The molecule has 0 bridgehead atoms. The zero-order chi connectivity index (χ0) is 15.3. The fraction of sp³-hybridized carbons (Fsp3) is 0.375. The van der Waals surface area contributed by atoms with Crippen molar-refractivity contribution in [3.05, 3.63) is 41.4 Å². The monoisotopic (exact) mass is 350 g/mol. The van der Waals surface area contributed by atoms with E-state index in [-0.39, 0.29) is 11.8 Å². The Morgan fingerprint density at radius 3 is 2.33 bits per heavy atom. The lowest BCUT2D eigenvalue weighted by molar-refractivity contribution is -0.129. The molecule has 2 rings (SSSR count). The first kappa shape index (κ1) is 15.8. The van der Waals surface area contributed by atoms with Crippen LogP contribution in [-0.4, -0.2) is 17.4 Å². The highest BCUT2D eigenvalue weighted by molar-refractivity contribution is 9.10. The summed E-state index contributed by atoms with van der Waals surface area (Å²) in [4.78, 5) is 24.3. The molecular weight excluding hydrogens is 332 g/mol. The molecule has 5 heteroatoms. The Bertz CT molecular complexity index is 534. The van der Waals surface area contributed by atoms with E-state index in [9.17, 15) is 9.59 Å². The van der Waals surface area contributed by atoms with Crippen LogP contribution >= 0.6 is 15.9 Å². The Labute approximate surface area is 133 Å². The largest absolute Gasteiger partial charge is 0.338 e. The molecular formula is C16H19BrN2O2. The third kappa shape index (κ3) is 3.94. The molecule has 1 aromatic carbocycles. The number of anilines is 1. The van der Waals surface area contributed by atoms with E-state index in [1.165, 1.54) is 6.08 Å². The minimum atomic E-state index is -0.823. The van der Waals surface area contributed by atoms with Crippen molar-refractivity contribution in [2.24, 2.45) is 0 Å². The average molecular weight is 351 g/mol. The lowest BCUT2D eigenvalue weighted by Gasteiger charge is -2.36. The fourth-order valence-corrected chi connectivity index (χ4v) is 2.90. The summed E-state index contributed by atoms with van der Waals surface area (Å²) < 4.78 is 0.952. The summed E-state index contributed by atoms with van der Waals surface area (Å²) in [5, 5.41) is 5.74. The van der Waals surface area contributed by atoms with Crippen LogP contribution in [0.25, 0.3) is 0 Å². The second-order valence-electron chi connectivity index (χ2n) is 5.30. The second-order valence-corrected chi connectivity index (χ2v) is 6.21. The minimum absolute atomic E-state index is 0.153. The summed E-state index contributed by atoms with van der Waals surface area (Å²) >= 11 is 3.36. The first-order chi connectivity index (χ1) is 10.1. The van der Waals surface area contributed by atoms with Gasteiger partial charge in [0, 0.05) is 10.2 Å². The van der Waals surface area contributed by atoms with Gasteiger partial charge in [-0.05, 0) is 43.2 Å². The van der Waals surface area contributed by atoms with Crippen molar-refractivity contribution >= 4 is 33.4 Å². The fourth-order valence-electron chi connectivity index (χ4n) is 2.63. The molecule has 1 fully saturated rings. The maximum Gasteiger partial charge on any atom is 0.250 e. The van der Waals surface area contributed by atoms with Gasteiger partial charge in [0.25, 0.3) is 0 Å². The molecule has 1 aromatic rings. The van der Waals surface area contributed by atoms with Crippen molar-refractivity contribution in [1.29, 1.82) is 0 Å². The number of amides is 2. The zero-order valence-corrected chi connectivity index (χ0v) is 13.4. The molecule has 21 heavy (non-hydrogen) atoms. The summed E-state index contributed by atoms with van der Waals surface area (Å²) in [6.45, 7) is 3.46. The SMILES string of the molecule is C=CC(=O)NC1(C(=O)Nc2ccc(Br)cc2)CCCCC1. The summed E-state index contributed by atoms with van der Waals surface area (Å²) in [6.07, 6.45) is 5.50. The van der Waals surface area contributed by atoms with Gasteiger partial charge in [0.05, 0.1) is 0 Å². The summed E-state index contributed by atoms with van der Waals surface area (Å²) in [7, 11) is 0. The standard InChI is InChI=1S/C16H19BrN2O2/c1-2-14(20)19-16(10-4-3-5-11-16)15(21)18-13-8-6-12(17)7-9-13/h2,6-9H,1,3-5,10-11H2,(H,18,21)(H,19,20). The van der Waals surface area contributed by atoms with Crippen molar-refractivity contribution in [3.63, 3.8) is 0 Å². The van der Waals surface area contributed by atoms with Crippen molar-refractivity contribution in [2.45, 2.75) is 37.6 Å². The number of halogens is 1. The second kappa shape index (κ2) is 6.89. The van der Waals surface area contributed by atoms with Crippen LogP contribution in [0.4, 0.5) is 5.69 Å². The molecule has 4 nitrogen and oxygen atoms in total. The highest BCUT2D eigenvalue weighted by Gasteiger charge is 2.40. The Morgan fingerprint density at radius 1 is 1.14 bits per heavy atom. The Balaban J connectivity index is 2.15. The molecule has 0 heterocycles. The first-order valence-electron chi connectivity index (χ1n) is 7.07. The summed E-state index contributed by atoms with van der Waals surface area (Å²) in [5.74, 6) is -0.456. The van der Waals surface area contributed by atoms with Crippen LogP contribution in [0.3, 0.4) is 0 Å². The van der Waals surface area contributed by atoms with Gasteiger partial charge < -0.3 is 10.6 Å². The number of carbonyl (C=O) groups excluding carboxylic acids is 2. The van der Waals surface area contributed by atoms with E-state index in [4.69, 9.17) is 0 Å². The summed E-state index contributed by atoms with van der Waals surface area (Å²) in [5.41, 5.74) is -0.0997. The minimum Gasteiger partial charge on any atom is -0.338 e. The van der Waals surface area contributed by atoms with Crippen LogP contribution in [0.1, 0.15) is 32.1 Å². The van der Waals surface area contributed by atoms with Gasteiger partial charge in [0.2, 0.25) is 11.8 Å². The van der Waals surface area contributed by atoms with Crippen molar-refractivity contribution in [2.75, 3.05) is 5.32 Å². The lowest BCUT2D eigenvalue weighted by Crippen LogP contribution is -2.57. The van der Waals surface area contributed by atoms with Crippen molar-refractivity contribution in [1.82, 2.24) is 5.32 Å². The Kier molecular flexibility index (Phi) is 5.17. The lowest BCUT2D eigenvalue weighted by atomic mass is 9.80. The summed E-state index contributed by atoms with van der Waals surface area (Å²) in [6, 6.07) is 7.39. The van der Waals surface area contributed by atoms with E-state index < -0.39 is 5.54 Å². The van der Waals surface area contributed by atoms with Gasteiger partial charge in [-0.25, -0.2) is 0 Å². The predicted molar refractivity (Wildman–Crippen MR) is 86.9 cm³/mol. The van der Waals surface area contributed by atoms with Gasteiger partial charge in [-0.1, -0.05) is 41.8 Å². The van der Waals surface area contributed by atoms with Crippen LogP contribution in [0.2, 0.25) is 0 Å². The van der Waals surface area contributed by atoms with Crippen LogP contribution < -0.4 is 10.6 Å². The smallest absolute Gasteiger partial charge is 0.250 e. The third-order valence-electron chi connectivity index (χ3n) is 3.79. The number of benzene rings is 1. The number of hydrogen-bond acceptors (Lipinski definition) is 2. The predicted octanol–water partition coefficient (Wildman–Crippen LogP) is 3.39. The van der Waals surface area contributed by atoms with Crippen LogP contribution in [0.5, 0.6) is 0 Å². The molecule has 112 valence electrons. The first-order valence-corrected chi connectivity index (χ1v) is 7.87. The van der Waals surface area contributed by atoms with E-state index in [0.29, 0.717) is 12.8 Å². The maximum absolute atomic E-state index is 12.7. The molecule has 0 aliphatic heterocycles. The maximum atomic E-state index is 12.7. The van der Waals surface area contributed by atoms with Crippen molar-refractivity contribution < 1.29 is 9.59 Å². The number of hydrogen-bond donors (Lipinski definition) is 2. The molecule has 0 spiro atoms. The molecule has 0 atom stereocenters. The van der Waals surface area contributed by atoms with E-state index in [1.807, 2.05) is 24.3 Å². The van der Waals surface area contributed by atoms with E-state index >= 15 is 0 Å². The molecule has 0 saturated heterocycles. The quantitative estimate of drug-likeness (QED) is 0.817. The number of carbonyl (C=O) groups is 2. The molecule has 2 N–H and O–H groups in total. The van der Waals surface area contributed by atoms with E-state index in [1.54, 1.807) is 0 Å². The third-order valence-corrected chi connectivity index (χ3v) is 4.32. The average Bonchev–Trinajstić information content (AvgIpc) is 2.50. The highest BCUT2D eigenvalue weighted by atomic mass is 79.9. The van der Waals surface area contributed by atoms with E-state index in [0.717, 1.165) is 29.4 Å². The zero-order valence-electron chi connectivity index (χ0n) is 11.8. The number of nitrogens with one attached hydrogen (secondary N) is 2. The number of rotatable bonds is 4. The molecule has 0 radical (unpaired) electrons. The van der Waals surface area contributed by atoms with Gasteiger partial charge in [-0.2, -0.15) is 0 Å².